The highest BCUT2D eigenvalue weighted by Crippen LogP contribution is 2.40. The number of amides is 1. The van der Waals surface area contributed by atoms with E-state index in [0.29, 0.717) is 34.0 Å². The van der Waals surface area contributed by atoms with E-state index in [1.165, 1.54) is 12.3 Å². The van der Waals surface area contributed by atoms with E-state index >= 15 is 0 Å². The third-order valence-electron chi connectivity index (χ3n) is 7.22. The molecule has 0 spiro atoms. The highest BCUT2D eigenvalue weighted by Gasteiger charge is 2.26. The number of benzene rings is 2. The lowest BCUT2D eigenvalue weighted by Crippen LogP contribution is -2.34. The van der Waals surface area contributed by atoms with Crippen LogP contribution >= 0.6 is 11.6 Å². The third kappa shape index (κ3) is 6.32. The van der Waals surface area contributed by atoms with Gasteiger partial charge >= 0.3 is 0 Å². The molecule has 0 saturated carbocycles. The van der Waals surface area contributed by atoms with Crippen LogP contribution in [0.25, 0.3) is 11.3 Å². The van der Waals surface area contributed by atoms with Gasteiger partial charge < -0.3 is 30.5 Å². The van der Waals surface area contributed by atoms with Crippen LogP contribution in [0.2, 0.25) is 5.02 Å². The van der Waals surface area contributed by atoms with Gasteiger partial charge in [-0.05, 0) is 44.3 Å². The molecule has 1 atom stereocenters. The first-order valence-electron chi connectivity index (χ1n) is 13.5. The summed E-state index contributed by atoms with van der Waals surface area (Å²) in [6, 6.07) is 13.7. The molecule has 42 heavy (non-hydrogen) atoms. The number of likely N-dealkylation sites (N-methyl/N-ethyl adjacent to an activating group) is 2. The molecule has 2 aromatic heterocycles. The maximum Gasteiger partial charge on any atom is 0.247 e. The van der Waals surface area contributed by atoms with Gasteiger partial charge in [0, 0.05) is 50.2 Å². The number of anilines is 6. The highest BCUT2D eigenvalue weighted by atomic mass is 35.5. The Hall–Kier alpha value is -4.61. The molecule has 0 aliphatic carbocycles. The highest BCUT2D eigenvalue weighted by molar-refractivity contribution is 6.33. The van der Waals surface area contributed by atoms with Crippen LogP contribution in [-0.4, -0.2) is 70.9 Å². The minimum absolute atomic E-state index is 0.287. The number of nitrogens with one attached hydrogen (secondary N) is 3. The Morgan fingerprint density at radius 2 is 1.98 bits per heavy atom. The number of halogens is 1. The fourth-order valence-electron chi connectivity index (χ4n) is 4.97. The molecular weight excluding hydrogens is 554 g/mol. The summed E-state index contributed by atoms with van der Waals surface area (Å²) < 4.78 is 7.51. The van der Waals surface area contributed by atoms with E-state index in [0.717, 1.165) is 42.1 Å². The quantitative estimate of drug-likeness (QED) is 0.213. The Morgan fingerprint density at radius 3 is 2.67 bits per heavy atom. The Balaban J connectivity index is 1.46. The van der Waals surface area contributed by atoms with Gasteiger partial charge in [-0.1, -0.05) is 36.4 Å². The molecule has 0 bridgehead atoms. The standard InChI is InChI=1S/C30H34ClN9O2/c1-6-28(41)33-24-15-25(27(42-5)16-26(24)40(4)19-11-13-38(2)18-19)35-30-32-17-21(31)29(36-30)34-22-10-8-7-9-20(22)23-12-14-39(3)37-23/h6-10,12,14-17,19H,1,11,13,18H2,2-5H3,(H,33,41)(H2,32,34,35,36)/t19-/m0/s1. The Morgan fingerprint density at radius 1 is 1.17 bits per heavy atom. The number of aryl methyl sites for hydroxylation is 1. The number of hydrogen-bond donors (Lipinski definition) is 3. The van der Waals surface area contributed by atoms with Gasteiger partial charge in [0.05, 0.1) is 36.1 Å². The predicted molar refractivity (Wildman–Crippen MR) is 168 cm³/mol. The number of ether oxygens (including phenoxy) is 1. The van der Waals surface area contributed by atoms with Gasteiger partial charge in [-0.15, -0.1) is 0 Å². The Labute approximate surface area is 250 Å². The van der Waals surface area contributed by atoms with Crippen molar-refractivity contribution in [2.45, 2.75) is 12.5 Å². The van der Waals surface area contributed by atoms with E-state index in [1.54, 1.807) is 11.8 Å². The molecule has 1 fully saturated rings. The second kappa shape index (κ2) is 12.5. The number of para-hydroxylation sites is 1. The molecule has 3 heterocycles. The van der Waals surface area contributed by atoms with Crippen LogP contribution in [0.15, 0.2) is 67.5 Å². The van der Waals surface area contributed by atoms with E-state index < -0.39 is 0 Å². The van der Waals surface area contributed by atoms with Crippen molar-refractivity contribution in [1.29, 1.82) is 0 Å². The third-order valence-corrected chi connectivity index (χ3v) is 7.49. The molecule has 0 radical (unpaired) electrons. The van der Waals surface area contributed by atoms with Crippen LogP contribution in [0.3, 0.4) is 0 Å². The fourth-order valence-corrected chi connectivity index (χ4v) is 5.11. The zero-order valence-electron chi connectivity index (χ0n) is 24.1. The van der Waals surface area contributed by atoms with Crippen molar-refractivity contribution >= 4 is 52.0 Å². The Kier molecular flexibility index (Phi) is 8.60. The maximum atomic E-state index is 12.4. The number of likely N-dealkylation sites (tertiary alicyclic amines) is 1. The summed E-state index contributed by atoms with van der Waals surface area (Å²) in [6.45, 7) is 5.54. The van der Waals surface area contributed by atoms with Crippen molar-refractivity contribution in [1.82, 2.24) is 24.6 Å². The zero-order valence-corrected chi connectivity index (χ0v) is 24.8. The van der Waals surface area contributed by atoms with Crippen LogP contribution in [-0.2, 0) is 11.8 Å². The maximum absolute atomic E-state index is 12.4. The molecule has 11 nitrogen and oxygen atoms in total. The average Bonchev–Trinajstić information content (AvgIpc) is 3.62. The lowest BCUT2D eigenvalue weighted by atomic mass is 10.1. The first-order chi connectivity index (χ1) is 20.2. The summed E-state index contributed by atoms with van der Waals surface area (Å²) in [6.07, 6.45) is 5.67. The topological polar surface area (TPSA) is 112 Å². The molecule has 1 amide bonds. The summed E-state index contributed by atoms with van der Waals surface area (Å²) >= 11 is 6.51. The van der Waals surface area contributed by atoms with Crippen LogP contribution < -0.4 is 25.6 Å². The van der Waals surface area contributed by atoms with E-state index in [-0.39, 0.29) is 11.9 Å². The molecule has 1 aliphatic rings. The number of nitrogens with zero attached hydrogens (tertiary/aromatic N) is 6. The lowest BCUT2D eigenvalue weighted by Gasteiger charge is -2.29. The zero-order chi connectivity index (χ0) is 29.8. The van der Waals surface area contributed by atoms with Gasteiger partial charge in [-0.3, -0.25) is 9.48 Å². The van der Waals surface area contributed by atoms with Crippen molar-refractivity contribution < 1.29 is 9.53 Å². The average molecular weight is 588 g/mol. The van der Waals surface area contributed by atoms with Crippen molar-refractivity contribution in [3.63, 3.8) is 0 Å². The van der Waals surface area contributed by atoms with Gasteiger partial charge in [-0.25, -0.2) is 4.98 Å². The van der Waals surface area contributed by atoms with Gasteiger partial charge in [0.2, 0.25) is 11.9 Å². The van der Waals surface area contributed by atoms with Crippen LogP contribution in [0, 0.1) is 0 Å². The van der Waals surface area contributed by atoms with Crippen molar-refractivity contribution in [3.8, 4) is 17.0 Å². The molecule has 12 heteroatoms. The first-order valence-corrected chi connectivity index (χ1v) is 13.9. The van der Waals surface area contributed by atoms with Crippen molar-refractivity contribution in [3.05, 3.63) is 72.5 Å². The number of aromatic nitrogens is 4. The largest absolute Gasteiger partial charge is 0.494 e. The summed E-state index contributed by atoms with van der Waals surface area (Å²) in [4.78, 5) is 25.9. The molecule has 3 N–H and O–H groups in total. The molecular formula is C30H34ClN9O2. The number of carbonyl (C=O) groups is 1. The summed E-state index contributed by atoms with van der Waals surface area (Å²) in [5.74, 6) is 0.951. The van der Waals surface area contributed by atoms with Crippen LogP contribution in [0.4, 0.5) is 34.5 Å². The fraction of sp³-hybridized carbons (Fsp3) is 0.267. The summed E-state index contributed by atoms with van der Waals surface area (Å²) in [7, 11) is 7.60. The lowest BCUT2D eigenvalue weighted by molar-refractivity contribution is -0.111. The number of rotatable bonds is 10. The molecule has 0 unspecified atom stereocenters. The normalized spacial score (nSPS) is 14.8. The van der Waals surface area contributed by atoms with E-state index in [9.17, 15) is 4.79 Å². The number of hydrogen-bond acceptors (Lipinski definition) is 9. The van der Waals surface area contributed by atoms with Crippen LogP contribution in [0.5, 0.6) is 5.75 Å². The van der Waals surface area contributed by atoms with Gasteiger partial charge in [-0.2, -0.15) is 10.1 Å². The van der Waals surface area contributed by atoms with Crippen LogP contribution in [0.1, 0.15) is 6.42 Å². The molecule has 1 saturated heterocycles. The molecule has 1 aliphatic heterocycles. The van der Waals surface area contributed by atoms with Crippen molar-refractivity contribution in [2.24, 2.45) is 7.05 Å². The van der Waals surface area contributed by atoms with Gasteiger partial charge in [0.15, 0.2) is 5.82 Å². The van der Waals surface area contributed by atoms with Gasteiger partial charge in [0.25, 0.3) is 0 Å². The van der Waals surface area contributed by atoms with E-state index in [4.69, 9.17) is 16.3 Å². The summed E-state index contributed by atoms with van der Waals surface area (Å²) in [5.41, 5.74) is 4.52. The van der Waals surface area contributed by atoms with E-state index in [2.05, 4.69) is 54.4 Å². The monoisotopic (exact) mass is 587 g/mol. The Bertz CT molecular complexity index is 1610. The van der Waals surface area contributed by atoms with Gasteiger partial charge in [0.1, 0.15) is 10.8 Å². The molecule has 2 aromatic carbocycles. The van der Waals surface area contributed by atoms with Crippen molar-refractivity contribution in [2.75, 3.05) is 55.1 Å². The van der Waals surface area contributed by atoms with E-state index in [1.807, 2.05) is 62.8 Å². The predicted octanol–water partition coefficient (Wildman–Crippen LogP) is 5.29. The molecule has 4 aromatic rings. The smallest absolute Gasteiger partial charge is 0.247 e. The SMILES string of the molecule is C=CC(=O)Nc1cc(Nc2ncc(Cl)c(Nc3ccccc3-c3ccn(C)n3)n2)c(OC)cc1N(C)[C@H]1CCN(C)C1. The first kappa shape index (κ1) is 28.9. The molecule has 218 valence electrons. The second-order valence-corrected chi connectivity index (χ2v) is 10.5. The number of methoxy groups -OCH3 is 1. The molecule has 5 rings (SSSR count). The minimum Gasteiger partial charge on any atom is -0.494 e. The number of carbonyl (C=O) groups excluding carboxylic acids is 1. The second-order valence-electron chi connectivity index (χ2n) is 10.1. The summed E-state index contributed by atoms with van der Waals surface area (Å²) in [5, 5.41) is 14.4. The minimum atomic E-state index is -0.315.